The second kappa shape index (κ2) is 3.35. The summed E-state index contributed by atoms with van der Waals surface area (Å²) in [5.41, 5.74) is 1.38. The molecule has 2 aromatic heterocycles. The van der Waals surface area contributed by atoms with Crippen molar-refractivity contribution >= 4 is 16.4 Å². The third-order valence-electron chi connectivity index (χ3n) is 2.83. The molecular formula is C12H11N3O2. The summed E-state index contributed by atoms with van der Waals surface area (Å²) < 4.78 is 8.09. The summed E-state index contributed by atoms with van der Waals surface area (Å²) in [6.45, 7) is 0. The lowest BCUT2D eigenvalue weighted by Gasteiger charge is -2.04. The fourth-order valence-electron chi connectivity index (χ4n) is 2.04. The Kier molecular flexibility index (Phi) is 1.95. The molecule has 0 atom stereocenters. The number of para-hydroxylation sites is 1. The van der Waals surface area contributed by atoms with Crippen molar-refractivity contribution in [2.75, 3.05) is 7.11 Å². The van der Waals surface area contributed by atoms with Crippen LogP contribution in [0.2, 0.25) is 0 Å². The van der Waals surface area contributed by atoms with Gasteiger partial charge in [-0.05, 0) is 12.1 Å². The van der Waals surface area contributed by atoms with Gasteiger partial charge in [0.2, 0.25) is 0 Å². The summed E-state index contributed by atoms with van der Waals surface area (Å²) in [6, 6.07) is 9.61. The molecule has 17 heavy (non-hydrogen) atoms. The fraction of sp³-hybridized carbons (Fsp3) is 0.167. The van der Waals surface area contributed by atoms with E-state index in [1.54, 1.807) is 18.6 Å². The van der Waals surface area contributed by atoms with Crippen LogP contribution in [0.3, 0.4) is 0 Å². The predicted octanol–water partition coefficient (Wildman–Crippen LogP) is 1.19. The highest BCUT2D eigenvalue weighted by atomic mass is 16.5. The molecule has 5 heteroatoms. The highest BCUT2D eigenvalue weighted by Gasteiger charge is 2.12. The summed E-state index contributed by atoms with van der Waals surface area (Å²) in [4.78, 5) is 12.1. The van der Waals surface area contributed by atoms with Crippen LogP contribution < -0.4 is 10.4 Å². The number of rotatable bonds is 1. The lowest BCUT2D eigenvalue weighted by Crippen LogP contribution is -2.26. The van der Waals surface area contributed by atoms with Crippen molar-refractivity contribution in [1.29, 1.82) is 0 Å². The number of methoxy groups -OCH3 is 1. The van der Waals surface area contributed by atoms with Crippen LogP contribution in [0, 0.1) is 0 Å². The Labute approximate surface area is 96.9 Å². The van der Waals surface area contributed by atoms with E-state index < -0.39 is 0 Å². The molecule has 5 nitrogen and oxygen atoms in total. The van der Waals surface area contributed by atoms with Gasteiger partial charge in [0.25, 0.3) is 5.88 Å². The monoisotopic (exact) mass is 229 g/mol. The Morgan fingerprint density at radius 1 is 1.24 bits per heavy atom. The number of benzene rings is 1. The number of fused-ring (bicyclic) bond motifs is 3. The Morgan fingerprint density at radius 3 is 2.76 bits per heavy atom. The van der Waals surface area contributed by atoms with Gasteiger partial charge < -0.3 is 4.74 Å². The molecule has 3 aromatic rings. The van der Waals surface area contributed by atoms with Crippen molar-refractivity contribution in [3.63, 3.8) is 0 Å². The van der Waals surface area contributed by atoms with Gasteiger partial charge in [-0.25, -0.2) is 9.48 Å². The van der Waals surface area contributed by atoms with E-state index in [9.17, 15) is 4.79 Å². The van der Waals surface area contributed by atoms with E-state index in [2.05, 4.69) is 5.10 Å². The number of ether oxygens (including phenoxy) is 1. The minimum Gasteiger partial charge on any atom is -0.478 e. The van der Waals surface area contributed by atoms with Crippen molar-refractivity contribution in [2.45, 2.75) is 0 Å². The van der Waals surface area contributed by atoms with E-state index in [1.165, 1.54) is 4.68 Å². The summed E-state index contributed by atoms with van der Waals surface area (Å²) in [5, 5.41) is 5.07. The van der Waals surface area contributed by atoms with Gasteiger partial charge in [-0.1, -0.05) is 18.2 Å². The second-order valence-electron chi connectivity index (χ2n) is 3.84. The van der Waals surface area contributed by atoms with Crippen LogP contribution in [0.1, 0.15) is 0 Å². The maximum Gasteiger partial charge on any atom is 0.349 e. The highest BCUT2D eigenvalue weighted by molar-refractivity contribution is 5.88. The average molecular weight is 229 g/mol. The van der Waals surface area contributed by atoms with E-state index in [0.29, 0.717) is 11.4 Å². The van der Waals surface area contributed by atoms with Crippen LogP contribution in [0.15, 0.2) is 35.1 Å². The van der Waals surface area contributed by atoms with Crippen LogP contribution in [-0.2, 0) is 7.05 Å². The molecule has 0 N–H and O–H groups in total. The molecular weight excluding hydrogens is 218 g/mol. The number of nitrogens with zero attached hydrogens (tertiary/aromatic N) is 3. The van der Waals surface area contributed by atoms with Crippen LogP contribution in [-0.4, -0.2) is 21.3 Å². The molecule has 0 saturated heterocycles. The van der Waals surface area contributed by atoms with Gasteiger partial charge in [-0.3, -0.25) is 4.40 Å². The smallest absolute Gasteiger partial charge is 0.349 e. The Balaban J connectivity index is 2.65. The number of aryl methyl sites for hydroxylation is 1. The van der Waals surface area contributed by atoms with Gasteiger partial charge in [-0.2, -0.15) is 0 Å². The first-order valence-corrected chi connectivity index (χ1v) is 5.24. The zero-order valence-electron chi connectivity index (χ0n) is 9.54. The first-order valence-electron chi connectivity index (χ1n) is 5.24. The molecule has 0 amide bonds. The topological polar surface area (TPSA) is 48.5 Å². The van der Waals surface area contributed by atoms with Crippen molar-refractivity contribution in [3.8, 4) is 5.88 Å². The lowest BCUT2D eigenvalue weighted by atomic mass is 10.2. The first-order chi connectivity index (χ1) is 8.22. The number of hydrogen-bond donors (Lipinski definition) is 0. The quantitative estimate of drug-likeness (QED) is 0.630. The molecule has 0 spiro atoms. The van der Waals surface area contributed by atoms with E-state index in [0.717, 1.165) is 10.9 Å². The zero-order valence-corrected chi connectivity index (χ0v) is 9.54. The molecule has 2 heterocycles. The third-order valence-corrected chi connectivity index (χ3v) is 2.83. The van der Waals surface area contributed by atoms with Crippen LogP contribution in [0.5, 0.6) is 5.88 Å². The van der Waals surface area contributed by atoms with Gasteiger partial charge in [0.1, 0.15) is 5.52 Å². The summed E-state index contributed by atoms with van der Waals surface area (Å²) in [5.74, 6) is 0.448. The highest BCUT2D eigenvalue weighted by Crippen LogP contribution is 2.23. The fourth-order valence-corrected chi connectivity index (χ4v) is 2.04. The van der Waals surface area contributed by atoms with Gasteiger partial charge in [0.15, 0.2) is 0 Å². The molecule has 0 aliphatic rings. The molecule has 86 valence electrons. The maximum absolute atomic E-state index is 12.1. The van der Waals surface area contributed by atoms with Crippen LogP contribution in [0.25, 0.3) is 16.4 Å². The standard InChI is InChI=1S/C12H11N3O2/c1-14-12(16)15-9-6-4-3-5-8(9)7-10(15)11(13-14)17-2/h3-7H,1-2H3. The molecule has 3 rings (SSSR count). The summed E-state index contributed by atoms with van der Waals surface area (Å²) in [7, 11) is 3.16. The molecule has 0 fully saturated rings. The molecule has 0 bridgehead atoms. The van der Waals surface area contributed by atoms with E-state index in [-0.39, 0.29) is 5.69 Å². The number of hydrogen-bond acceptors (Lipinski definition) is 3. The maximum atomic E-state index is 12.1. The minimum atomic E-state index is -0.179. The van der Waals surface area contributed by atoms with E-state index in [1.807, 2.05) is 30.3 Å². The van der Waals surface area contributed by atoms with Gasteiger partial charge in [0, 0.05) is 12.4 Å². The summed E-state index contributed by atoms with van der Waals surface area (Å²) >= 11 is 0. The van der Waals surface area contributed by atoms with E-state index in [4.69, 9.17) is 4.74 Å². The van der Waals surface area contributed by atoms with Gasteiger partial charge >= 0.3 is 5.69 Å². The van der Waals surface area contributed by atoms with Crippen molar-refractivity contribution < 1.29 is 4.74 Å². The largest absolute Gasteiger partial charge is 0.478 e. The molecule has 0 saturated carbocycles. The number of aromatic nitrogens is 3. The molecule has 1 aromatic carbocycles. The molecule has 0 aliphatic carbocycles. The molecule has 0 unspecified atom stereocenters. The average Bonchev–Trinajstić information content (AvgIpc) is 2.73. The zero-order chi connectivity index (χ0) is 12.0. The molecule has 0 aliphatic heterocycles. The predicted molar refractivity (Wildman–Crippen MR) is 64.5 cm³/mol. The Hall–Kier alpha value is -2.30. The third kappa shape index (κ3) is 1.25. The van der Waals surface area contributed by atoms with Crippen molar-refractivity contribution in [1.82, 2.24) is 14.2 Å². The minimum absolute atomic E-state index is 0.179. The van der Waals surface area contributed by atoms with Crippen LogP contribution in [0.4, 0.5) is 0 Å². The van der Waals surface area contributed by atoms with Gasteiger partial charge in [-0.15, -0.1) is 5.10 Å². The normalized spacial score (nSPS) is 11.2. The Morgan fingerprint density at radius 2 is 2.00 bits per heavy atom. The summed E-state index contributed by atoms with van der Waals surface area (Å²) in [6.07, 6.45) is 0. The SMILES string of the molecule is COc1nn(C)c(=O)n2c1cc1ccccc12. The first kappa shape index (κ1) is 9.89. The molecule has 0 radical (unpaired) electrons. The second-order valence-corrected chi connectivity index (χ2v) is 3.84. The Bertz CT molecular complexity index is 770. The van der Waals surface area contributed by atoms with Gasteiger partial charge in [0.05, 0.1) is 12.6 Å². The van der Waals surface area contributed by atoms with Crippen molar-refractivity contribution in [3.05, 3.63) is 40.8 Å². The van der Waals surface area contributed by atoms with Crippen LogP contribution >= 0.6 is 0 Å². The lowest BCUT2D eigenvalue weighted by molar-refractivity contribution is 0.383. The van der Waals surface area contributed by atoms with E-state index >= 15 is 0 Å². The van der Waals surface area contributed by atoms with Crippen molar-refractivity contribution in [2.24, 2.45) is 7.05 Å².